The van der Waals surface area contributed by atoms with Gasteiger partial charge in [-0.15, -0.1) is 0 Å². The fraction of sp³-hybridized carbons (Fsp3) is 0.250. The monoisotopic (exact) mass is 422 g/mol. The topological polar surface area (TPSA) is 78.4 Å². The van der Waals surface area contributed by atoms with E-state index in [1.54, 1.807) is 0 Å². The summed E-state index contributed by atoms with van der Waals surface area (Å²) in [4.78, 5) is 22.3. The maximum absolute atomic E-state index is 11.4. The quantitative estimate of drug-likeness (QED) is 0.645. The van der Waals surface area contributed by atoms with Crippen LogP contribution in [0.4, 0.5) is 5.69 Å². The molecule has 1 aromatic carbocycles. The third-order valence-corrected chi connectivity index (χ3v) is 3.71. The van der Waals surface area contributed by atoms with Gasteiger partial charge in [0, 0.05) is 15.4 Å². The van der Waals surface area contributed by atoms with Crippen LogP contribution in [0.2, 0.25) is 0 Å². The normalized spacial score (nSPS) is 9.95. The third kappa shape index (κ3) is 4.84. The number of carboxylic acids is 1. The minimum atomic E-state index is -1.03. The van der Waals surface area contributed by atoms with Gasteiger partial charge in [-0.2, -0.15) is 0 Å². The summed E-state index contributed by atoms with van der Waals surface area (Å²) in [5.41, 5.74) is 0.687. The molecule has 0 saturated carbocycles. The molecular formula is C12H12Br2N2O3S. The first-order chi connectivity index (χ1) is 9.35. The lowest BCUT2D eigenvalue weighted by atomic mass is 10.2. The molecule has 0 unspecified atom stereocenters. The Hall–Kier alpha value is -0.990. The summed E-state index contributed by atoms with van der Waals surface area (Å²) >= 11 is 11.6. The van der Waals surface area contributed by atoms with E-state index in [0.717, 1.165) is 6.42 Å². The average Bonchev–Trinajstić information content (AvgIpc) is 2.33. The zero-order chi connectivity index (χ0) is 15.3. The van der Waals surface area contributed by atoms with Gasteiger partial charge in [-0.05, 0) is 62.6 Å². The van der Waals surface area contributed by atoms with Gasteiger partial charge in [0.25, 0.3) is 0 Å². The van der Waals surface area contributed by atoms with Gasteiger partial charge in [-0.3, -0.25) is 4.79 Å². The van der Waals surface area contributed by atoms with Gasteiger partial charge in [-0.1, -0.05) is 6.92 Å². The highest BCUT2D eigenvalue weighted by Gasteiger charge is 2.13. The summed E-state index contributed by atoms with van der Waals surface area (Å²) < 4.78 is 1.05. The Balaban J connectivity index is 2.85. The molecule has 0 aromatic heterocycles. The van der Waals surface area contributed by atoms with Crippen LogP contribution in [0.3, 0.4) is 0 Å². The molecule has 0 bridgehead atoms. The van der Waals surface area contributed by atoms with E-state index in [2.05, 4.69) is 42.5 Å². The Morgan fingerprint density at radius 1 is 1.30 bits per heavy atom. The molecule has 0 radical (unpaired) electrons. The van der Waals surface area contributed by atoms with Gasteiger partial charge in [-0.25, -0.2) is 4.79 Å². The van der Waals surface area contributed by atoms with Crippen molar-refractivity contribution in [3.63, 3.8) is 0 Å². The summed E-state index contributed by atoms with van der Waals surface area (Å²) in [7, 11) is 0. The molecule has 0 saturated heterocycles. The lowest BCUT2D eigenvalue weighted by molar-refractivity contribution is -0.119. The highest BCUT2D eigenvalue weighted by Crippen LogP contribution is 2.32. The number of carbonyl (C=O) groups excluding carboxylic acids is 1. The van der Waals surface area contributed by atoms with E-state index in [4.69, 9.17) is 17.3 Å². The van der Waals surface area contributed by atoms with Gasteiger partial charge in [0.2, 0.25) is 5.91 Å². The van der Waals surface area contributed by atoms with Gasteiger partial charge in [0.05, 0.1) is 11.3 Å². The molecule has 1 aromatic rings. The van der Waals surface area contributed by atoms with Crippen molar-refractivity contribution in [1.82, 2.24) is 5.32 Å². The predicted molar refractivity (Wildman–Crippen MR) is 88.1 cm³/mol. The van der Waals surface area contributed by atoms with Crippen LogP contribution in [-0.4, -0.2) is 22.1 Å². The predicted octanol–water partition coefficient (Wildman–Crippen LogP) is 3.52. The second-order valence-corrected chi connectivity index (χ2v) is 5.99. The number of halogens is 2. The molecule has 1 rings (SSSR count). The van der Waals surface area contributed by atoms with Crippen LogP contribution in [0.25, 0.3) is 0 Å². The molecule has 3 N–H and O–H groups in total. The number of carboxylic acid groups (broad SMARTS) is 1. The van der Waals surface area contributed by atoms with Crippen LogP contribution >= 0.6 is 44.1 Å². The number of nitrogens with one attached hydrogen (secondary N) is 2. The maximum Gasteiger partial charge on any atom is 0.335 e. The number of hydrogen-bond donors (Lipinski definition) is 3. The molecule has 20 heavy (non-hydrogen) atoms. The van der Waals surface area contributed by atoms with Crippen molar-refractivity contribution in [2.24, 2.45) is 0 Å². The number of anilines is 1. The van der Waals surface area contributed by atoms with E-state index in [1.807, 2.05) is 6.92 Å². The van der Waals surface area contributed by atoms with Crippen LogP contribution in [0.15, 0.2) is 21.1 Å². The lowest BCUT2D eigenvalue weighted by Crippen LogP contribution is -2.34. The summed E-state index contributed by atoms with van der Waals surface area (Å²) in [6.45, 7) is 1.90. The molecule has 0 spiro atoms. The summed E-state index contributed by atoms with van der Waals surface area (Å²) in [6, 6.07) is 2.90. The van der Waals surface area contributed by atoms with E-state index in [-0.39, 0.29) is 16.6 Å². The highest BCUT2D eigenvalue weighted by molar-refractivity contribution is 9.11. The van der Waals surface area contributed by atoms with Crippen molar-refractivity contribution in [2.45, 2.75) is 19.8 Å². The van der Waals surface area contributed by atoms with Crippen molar-refractivity contribution in [3.05, 3.63) is 26.6 Å². The van der Waals surface area contributed by atoms with E-state index in [1.165, 1.54) is 12.1 Å². The minimum absolute atomic E-state index is 0.134. The van der Waals surface area contributed by atoms with E-state index in [0.29, 0.717) is 21.1 Å². The standard InChI is InChI=1S/C12H12Br2N2O3S/c1-2-3-9(17)15-12(20)16-10-7(13)4-6(11(18)19)5-8(10)14/h4-5H,2-3H2,1H3,(H,18,19)(H2,15,16,17,20). The summed E-state index contributed by atoms with van der Waals surface area (Å²) in [6.07, 6.45) is 1.12. The smallest absolute Gasteiger partial charge is 0.335 e. The Bertz CT molecular complexity index is 541. The lowest BCUT2D eigenvalue weighted by Gasteiger charge is -2.13. The Kier molecular flexibility index (Phi) is 6.57. The zero-order valence-electron chi connectivity index (χ0n) is 10.5. The van der Waals surface area contributed by atoms with Crippen LogP contribution in [-0.2, 0) is 4.79 Å². The highest BCUT2D eigenvalue weighted by atomic mass is 79.9. The number of carbonyl (C=O) groups is 2. The van der Waals surface area contributed by atoms with E-state index in [9.17, 15) is 9.59 Å². The van der Waals surface area contributed by atoms with Gasteiger partial charge >= 0.3 is 5.97 Å². The van der Waals surface area contributed by atoms with Crippen molar-refractivity contribution in [3.8, 4) is 0 Å². The number of benzene rings is 1. The number of rotatable bonds is 4. The first-order valence-electron chi connectivity index (χ1n) is 5.68. The second kappa shape index (κ2) is 7.70. The number of thiocarbonyl (C=S) groups is 1. The van der Waals surface area contributed by atoms with Crippen molar-refractivity contribution >= 4 is 66.8 Å². The molecule has 0 heterocycles. The van der Waals surface area contributed by atoms with Gasteiger partial charge < -0.3 is 15.7 Å². The number of amides is 1. The van der Waals surface area contributed by atoms with Crippen molar-refractivity contribution < 1.29 is 14.7 Å². The van der Waals surface area contributed by atoms with Crippen LogP contribution in [0.5, 0.6) is 0 Å². The van der Waals surface area contributed by atoms with Gasteiger partial charge in [0.15, 0.2) is 5.11 Å². The molecule has 0 aliphatic rings. The number of aromatic carboxylic acids is 1. The molecule has 0 atom stereocenters. The molecule has 0 fully saturated rings. The first-order valence-corrected chi connectivity index (χ1v) is 7.67. The molecule has 8 heteroatoms. The molecular weight excluding hydrogens is 412 g/mol. The second-order valence-electron chi connectivity index (χ2n) is 3.87. The molecule has 5 nitrogen and oxygen atoms in total. The van der Waals surface area contributed by atoms with E-state index >= 15 is 0 Å². The Labute approximate surface area is 138 Å². The van der Waals surface area contributed by atoms with E-state index < -0.39 is 5.97 Å². The van der Waals surface area contributed by atoms with Crippen LogP contribution in [0, 0.1) is 0 Å². The minimum Gasteiger partial charge on any atom is -0.478 e. The Morgan fingerprint density at radius 3 is 2.30 bits per heavy atom. The Morgan fingerprint density at radius 2 is 1.85 bits per heavy atom. The van der Waals surface area contributed by atoms with Crippen molar-refractivity contribution in [1.29, 1.82) is 0 Å². The molecule has 0 aliphatic heterocycles. The van der Waals surface area contributed by atoms with Crippen LogP contribution < -0.4 is 10.6 Å². The van der Waals surface area contributed by atoms with Crippen LogP contribution in [0.1, 0.15) is 30.1 Å². The average molecular weight is 424 g/mol. The summed E-state index contributed by atoms with van der Waals surface area (Å²) in [5, 5.41) is 14.5. The largest absolute Gasteiger partial charge is 0.478 e. The third-order valence-electron chi connectivity index (χ3n) is 2.26. The summed E-state index contributed by atoms with van der Waals surface area (Å²) in [5.74, 6) is -1.20. The van der Waals surface area contributed by atoms with Gasteiger partial charge in [0.1, 0.15) is 0 Å². The van der Waals surface area contributed by atoms with Crippen molar-refractivity contribution in [2.75, 3.05) is 5.32 Å². The zero-order valence-corrected chi connectivity index (χ0v) is 14.5. The fourth-order valence-corrected chi connectivity index (χ4v) is 2.98. The molecule has 1 amide bonds. The first kappa shape index (κ1) is 17.1. The molecule has 0 aliphatic carbocycles. The number of hydrogen-bond acceptors (Lipinski definition) is 3. The fourth-order valence-electron chi connectivity index (χ4n) is 1.38. The maximum atomic E-state index is 11.4. The SMILES string of the molecule is CCCC(=O)NC(=S)Nc1c(Br)cc(C(=O)O)cc1Br. The molecule has 108 valence electrons.